The molecule has 0 aliphatic rings. The zero-order valence-electron chi connectivity index (χ0n) is 17.0. The Morgan fingerprint density at radius 2 is 1.79 bits per heavy atom. The van der Waals surface area contributed by atoms with Gasteiger partial charge in [0.15, 0.2) is 0 Å². The molecule has 0 bridgehead atoms. The lowest BCUT2D eigenvalue weighted by atomic mass is 10.2. The molecule has 0 saturated carbocycles. The second-order valence-corrected chi connectivity index (χ2v) is 7.80. The van der Waals surface area contributed by atoms with Crippen molar-refractivity contribution in [3.63, 3.8) is 0 Å². The topological polar surface area (TPSA) is 117 Å². The van der Waals surface area contributed by atoms with Gasteiger partial charge in [-0.15, -0.1) is 0 Å². The highest BCUT2D eigenvalue weighted by atomic mass is 32.2. The minimum atomic E-state index is -3.76. The molecule has 1 atom stereocenters. The molecule has 1 aromatic rings. The van der Waals surface area contributed by atoms with Crippen LogP contribution in [0.5, 0.6) is 5.75 Å². The Kier molecular flexibility index (Phi) is 9.20. The van der Waals surface area contributed by atoms with E-state index in [1.807, 2.05) is 0 Å². The second-order valence-electron chi connectivity index (χ2n) is 5.90. The van der Waals surface area contributed by atoms with Crippen molar-refractivity contribution in [1.29, 1.82) is 0 Å². The van der Waals surface area contributed by atoms with Crippen molar-refractivity contribution in [1.82, 2.24) is 14.9 Å². The van der Waals surface area contributed by atoms with Crippen molar-refractivity contribution in [2.75, 3.05) is 31.6 Å². The monoisotopic (exact) mass is 414 g/mol. The number of imide groups is 1. The summed E-state index contributed by atoms with van der Waals surface area (Å²) in [7, 11) is -3.76. The first kappa shape index (κ1) is 23.7. The van der Waals surface area contributed by atoms with Crippen LogP contribution in [0, 0.1) is 0 Å². The molecule has 10 heteroatoms. The van der Waals surface area contributed by atoms with Gasteiger partial charge in [-0.1, -0.05) is 13.8 Å². The maximum absolute atomic E-state index is 13.0. The number of sulfonamides is 1. The van der Waals surface area contributed by atoms with Crippen molar-refractivity contribution in [2.24, 2.45) is 0 Å². The molecule has 3 amide bonds. The molecule has 158 valence electrons. The molecule has 28 heavy (non-hydrogen) atoms. The summed E-state index contributed by atoms with van der Waals surface area (Å²) < 4.78 is 32.7. The summed E-state index contributed by atoms with van der Waals surface area (Å²) in [4.78, 5) is 23.6. The fraction of sp³-hybridized carbons (Fsp3) is 0.556. The Hall–Kier alpha value is -2.33. The van der Waals surface area contributed by atoms with Gasteiger partial charge in [-0.25, -0.2) is 13.2 Å². The molecule has 0 heterocycles. The molecule has 3 N–H and O–H groups in total. The molecule has 1 rings (SSSR count). The number of nitrogens with one attached hydrogen (secondary N) is 3. The lowest BCUT2D eigenvalue weighted by Crippen LogP contribution is -2.45. The highest BCUT2D eigenvalue weighted by Crippen LogP contribution is 2.30. The van der Waals surface area contributed by atoms with Crippen molar-refractivity contribution >= 4 is 27.6 Å². The van der Waals surface area contributed by atoms with E-state index in [1.165, 1.54) is 10.4 Å². The maximum Gasteiger partial charge on any atom is 0.321 e. The molecule has 0 unspecified atom stereocenters. The van der Waals surface area contributed by atoms with Crippen LogP contribution in [-0.4, -0.2) is 56.9 Å². The van der Waals surface area contributed by atoms with Gasteiger partial charge in [0.25, 0.3) is 0 Å². The summed E-state index contributed by atoms with van der Waals surface area (Å²) in [5.41, 5.74) is 0.424. The van der Waals surface area contributed by atoms with E-state index in [0.717, 1.165) is 0 Å². The van der Waals surface area contributed by atoms with E-state index in [4.69, 9.17) is 4.74 Å². The normalized spacial score (nSPS) is 12.4. The Morgan fingerprint density at radius 1 is 1.14 bits per heavy atom. The summed E-state index contributed by atoms with van der Waals surface area (Å²) in [6.45, 7) is 9.97. The first-order valence-corrected chi connectivity index (χ1v) is 10.8. The van der Waals surface area contributed by atoms with Crippen molar-refractivity contribution in [2.45, 2.75) is 45.6 Å². The predicted molar refractivity (Wildman–Crippen MR) is 108 cm³/mol. The van der Waals surface area contributed by atoms with Gasteiger partial charge in [-0.3, -0.25) is 10.1 Å². The van der Waals surface area contributed by atoms with Crippen LogP contribution in [0.2, 0.25) is 0 Å². The van der Waals surface area contributed by atoms with E-state index in [2.05, 4.69) is 16.0 Å². The fourth-order valence-corrected chi connectivity index (χ4v) is 4.13. The minimum absolute atomic E-state index is 0.0272. The molecular formula is C18H30N4O5S. The van der Waals surface area contributed by atoms with Gasteiger partial charge < -0.3 is 15.4 Å². The summed E-state index contributed by atoms with van der Waals surface area (Å²) in [5, 5.41) is 7.60. The number of hydrogen-bond donors (Lipinski definition) is 3. The molecule has 0 aliphatic heterocycles. The molecular weight excluding hydrogens is 384 g/mol. The molecule has 0 aromatic heterocycles. The van der Waals surface area contributed by atoms with Crippen molar-refractivity contribution in [3.8, 4) is 5.75 Å². The third kappa shape index (κ3) is 6.10. The van der Waals surface area contributed by atoms with Gasteiger partial charge >= 0.3 is 6.03 Å². The second kappa shape index (κ2) is 10.9. The molecule has 0 spiro atoms. The van der Waals surface area contributed by atoms with Gasteiger partial charge in [-0.05, 0) is 39.0 Å². The lowest BCUT2D eigenvalue weighted by Gasteiger charge is -2.22. The van der Waals surface area contributed by atoms with E-state index in [1.54, 1.807) is 46.8 Å². The van der Waals surface area contributed by atoms with E-state index < -0.39 is 28.0 Å². The standard InChI is InChI=1S/C18H30N4O5S/c1-6-19-18(24)21-17(23)13(5)20-14-10-11-15(27-9-4)16(12-14)28(25,26)22(7-2)8-3/h10-13,20H,6-9H2,1-5H3,(H2,19,21,23,24)/t13-/m1/s1. The number of rotatable bonds is 10. The number of ether oxygens (including phenoxy) is 1. The number of anilines is 1. The van der Waals surface area contributed by atoms with Gasteiger partial charge in [-0.2, -0.15) is 4.31 Å². The minimum Gasteiger partial charge on any atom is -0.492 e. The number of carbonyl (C=O) groups is 2. The van der Waals surface area contributed by atoms with E-state index >= 15 is 0 Å². The third-order valence-corrected chi connectivity index (χ3v) is 5.99. The first-order chi connectivity index (χ1) is 13.2. The summed E-state index contributed by atoms with van der Waals surface area (Å²) in [5.74, 6) is -0.285. The summed E-state index contributed by atoms with van der Waals surface area (Å²) in [6.07, 6.45) is 0. The number of carbonyl (C=O) groups excluding carboxylic acids is 2. The zero-order chi connectivity index (χ0) is 21.3. The smallest absolute Gasteiger partial charge is 0.321 e. The molecule has 9 nitrogen and oxygen atoms in total. The third-order valence-electron chi connectivity index (χ3n) is 3.92. The molecule has 0 fully saturated rings. The van der Waals surface area contributed by atoms with Crippen LogP contribution < -0.4 is 20.7 Å². The van der Waals surface area contributed by atoms with E-state index in [-0.39, 0.29) is 10.6 Å². The average molecular weight is 415 g/mol. The number of urea groups is 1. The quantitative estimate of drug-likeness (QED) is 0.537. The molecule has 0 aliphatic carbocycles. The van der Waals surface area contributed by atoms with E-state index in [0.29, 0.717) is 31.9 Å². The van der Waals surface area contributed by atoms with Gasteiger partial charge in [0, 0.05) is 25.3 Å². The van der Waals surface area contributed by atoms with Crippen LogP contribution in [0.4, 0.5) is 10.5 Å². The fourth-order valence-electron chi connectivity index (χ4n) is 2.52. The number of amides is 3. The van der Waals surface area contributed by atoms with Gasteiger partial charge in [0.1, 0.15) is 16.7 Å². The van der Waals surface area contributed by atoms with Gasteiger partial charge in [0.2, 0.25) is 15.9 Å². The number of nitrogens with zero attached hydrogens (tertiary/aromatic N) is 1. The van der Waals surface area contributed by atoms with Crippen LogP contribution in [0.25, 0.3) is 0 Å². The van der Waals surface area contributed by atoms with Gasteiger partial charge in [0.05, 0.1) is 6.61 Å². The zero-order valence-corrected chi connectivity index (χ0v) is 17.9. The van der Waals surface area contributed by atoms with Crippen LogP contribution in [0.3, 0.4) is 0 Å². The largest absolute Gasteiger partial charge is 0.492 e. The highest BCUT2D eigenvalue weighted by Gasteiger charge is 2.26. The number of benzene rings is 1. The van der Waals surface area contributed by atoms with Crippen molar-refractivity contribution in [3.05, 3.63) is 18.2 Å². The highest BCUT2D eigenvalue weighted by molar-refractivity contribution is 7.89. The maximum atomic E-state index is 13.0. The lowest BCUT2D eigenvalue weighted by molar-refractivity contribution is -0.120. The Labute approximate surface area is 166 Å². The van der Waals surface area contributed by atoms with Crippen LogP contribution >= 0.6 is 0 Å². The number of hydrogen-bond acceptors (Lipinski definition) is 6. The predicted octanol–water partition coefficient (Wildman–Crippen LogP) is 1.76. The van der Waals surface area contributed by atoms with Crippen LogP contribution in [0.15, 0.2) is 23.1 Å². The molecule has 0 radical (unpaired) electrons. The molecule has 1 aromatic carbocycles. The Bertz CT molecular complexity index is 778. The van der Waals surface area contributed by atoms with Crippen LogP contribution in [0.1, 0.15) is 34.6 Å². The Balaban J connectivity index is 3.13. The van der Waals surface area contributed by atoms with E-state index in [9.17, 15) is 18.0 Å². The average Bonchev–Trinajstić information content (AvgIpc) is 2.63. The SMILES string of the molecule is CCNC(=O)NC(=O)[C@@H](C)Nc1ccc(OCC)c(S(=O)(=O)N(CC)CC)c1. The van der Waals surface area contributed by atoms with Crippen LogP contribution in [-0.2, 0) is 14.8 Å². The summed E-state index contributed by atoms with van der Waals surface area (Å²) >= 11 is 0. The summed E-state index contributed by atoms with van der Waals surface area (Å²) in [6, 6.07) is 3.27. The first-order valence-electron chi connectivity index (χ1n) is 9.33. The van der Waals surface area contributed by atoms with Crippen molar-refractivity contribution < 1.29 is 22.7 Å². The molecule has 0 saturated heterocycles. The Morgan fingerprint density at radius 3 is 2.32 bits per heavy atom.